The number of aromatic nitrogens is 1. The fourth-order valence-electron chi connectivity index (χ4n) is 2.44. The minimum atomic E-state index is -0.119. The summed E-state index contributed by atoms with van der Waals surface area (Å²) in [5.74, 6) is 0.573. The first-order chi connectivity index (χ1) is 11.1. The highest BCUT2D eigenvalue weighted by atomic mass is 35.5. The Morgan fingerprint density at radius 3 is 2.70 bits per heavy atom. The van der Waals surface area contributed by atoms with Gasteiger partial charge in [0.2, 0.25) is 5.91 Å². The van der Waals surface area contributed by atoms with E-state index in [1.165, 1.54) is 6.92 Å². The number of anilines is 1. The minimum absolute atomic E-state index is 0.119. The minimum Gasteiger partial charge on any atom is -0.496 e. The van der Waals surface area contributed by atoms with Crippen molar-refractivity contribution in [1.29, 1.82) is 0 Å². The van der Waals surface area contributed by atoms with Crippen molar-refractivity contribution in [2.45, 2.75) is 6.92 Å². The van der Waals surface area contributed by atoms with E-state index in [-0.39, 0.29) is 5.91 Å². The van der Waals surface area contributed by atoms with Crippen LogP contribution in [0.5, 0.6) is 5.75 Å². The van der Waals surface area contributed by atoms with E-state index < -0.39 is 0 Å². The highest BCUT2D eigenvalue weighted by molar-refractivity contribution is 6.30. The topological polar surface area (TPSA) is 51.2 Å². The van der Waals surface area contributed by atoms with Crippen LogP contribution in [0.15, 0.2) is 48.5 Å². The zero-order valence-electron chi connectivity index (χ0n) is 12.8. The first-order valence-electron chi connectivity index (χ1n) is 7.09. The Balaban J connectivity index is 2.15. The molecule has 4 nitrogen and oxygen atoms in total. The third-order valence-electron chi connectivity index (χ3n) is 3.43. The van der Waals surface area contributed by atoms with Crippen LogP contribution in [0.2, 0.25) is 5.02 Å². The molecule has 1 amide bonds. The highest BCUT2D eigenvalue weighted by Crippen LogP contribution is 2.32. The standard InChI is InChI=1S/C18H15ClN2O2/c1-11(22)20-14-6-7-16-15(9-14)18(23-2)10-17(21-16)12-4-3-5-13(19)8-12/h3-10H,1-2H3,(H,20,22). The van der Waals surface area contributed by atoms with Gasteiger partial charge in [0.25, 0.3) is 0 Å². The third-order valence-corrected chi connectivity index (χ3v) is 3.67. The number of rotatable bonds is 3. The SMILES string of the molecule is COc1cc(-c2cccc(Cl)c2)nc2ccc(NC(C)=O)cc12. The molecular formula is C18H15ClN2O2. The fourth-order valence-corrected chi connectivity index (χ4v) is 2.63. The first kappa shape index (κ1) is 15.3. The average Bonchev–Trinajstić information content (AvgIpc) is 2.53. The van der Waals surface area contributed by atoms with E-state index in [1.54, 1.807) is 7.11 Å². The van der Waals surface area contributed by atoms with Crippen LogP contribution in [0.4, 0.5) is 5.69 Å². The third kappa shape index (κ3) is 3.27. The van der Waals surface area contributed by atoms with Crippen molar-refractivity contribution in [3.05, 3.63) is 53.6 Å². The molecule has 0 atom stereocenters. The predicted molar refractivity (Wildman–Crippen MR) is 93.0 cm³/mol. The number of nitrogens with zero attached hydrogens (tertiary/aromatic N) is 1. The van der Waals surface area contributed by atoms with Crippen LogP contribution in [0.25, 0.3) is 22.2 Å². The Morgan fingerprint density at radius 1 is 1.17 bits per heavy atom. The molecule has 0 saturated heterocycles. The van der Waals surface area contributed by atoms with E-state index in [1.807, 2.05) is 48.5 Å². The van der Waals surface area contributed by atoms with Crippen LogP contribution in [-0.4, -0.2) is 18.0 Å². The zero-order chi connectivity index (χ0) is 16.4. The molecule has 0 unspecified atom stereocenters. The molecule has 23 heavy (non-hydrogen) atoms. The lowest BCUT2D eigenvalue weighted by molar-refractivity contribution is -0.114. The molecule has 3 aromatic rings. The Kier molecular flexibility index (Phi) is 4.17. The van der Waals surface area contributed by atoms with Gasteiger partial charge in [-0.05, 0) is 30.3 Å². The molecule has 0 saturated carbocycles. The van der Waals surface area contributed by atoms with E-state index in [4.69, 9.17) is 16.3 Å². The van der Waals surface area contributed by atoms with Crippen molar-refractivity contribution < 1.29 is 9.53 Å². The number of methoxy groups -OCH3 is 1. The van der Waals surface area contributed by atoms with Gasteiger partial charge in [-0.2, -0.15) is 0 Å². The second-order valence-electron chi connectivity index (χ2n) is 5.13. The van der Waals surface area contributed by atoms with Crippen LogP contribution in [0.1, 0.15) is 6.92 Å². The lowest BCUT2D eigenvalue weighted by Crippen LogP contribution is -2.05. The summed E-state index contributed by atoms with van der Waals surface area (Å²) in [5.41, 5.74) is 3.20. The van der Waals surface area contributed by atoms with E-state index in [0.717, 1.165) is 22.2 Å². The van der Waals surface area contributed by atoms with Gasteiger partial charge < -0.3 is 10.1 Å². The van der Waals surface area contributed by atoms with Crippen molar-refractivity contribution in [3.8, 4) is 17.0 Å². The number of hydrogen-bond donors (Lipinski definition) is 1. The van der Waals surface area contributed by atoms with E-state index >= 15 is 0 Å². The summed E-state index contributed by atoms with van der Waals surface area (Å²) in [5, 5.41) is 4.26. The van der Waals surface area contributed by atoms with Gasteiger partial charge >= 0.3 is 0 Å². The number of carbonyl (C=O) groups is 1. The molecule has 0 aliphatic heterocycles. The second kappa shape index (κ2) is 6.26. The number of amides is 1. The summed E-state index contributed by atoms with van der Waals surface area (Å²) in [6.07, 6.45) is 0. The molecule has 0 spiro atoms. The molecule has 0 bridgehead atoms. The Labute approximate surface area is 139 Å². The summed E-state index contributed by atoms with van der Waals surface area (Å²) >= 11 is 6.06. The maximum Gasteiger partial charge on any atom is 0.221 e. The summed E-state index contributed by atoms with van der Waals surface area (Å²) < 4.78 is 5.49. The van der Waals surface area contributed by atoms with Gasteiger partial charge in [0.05, 0.1) is 18.3 Å². The van der Waals surface area contributed by atoms with Crippen molar-refractivity contribution in [3.63, 3.8) is 0 Å². The average molecular weight is 327 g/mol. The number of halogens is 1. The molecule has 1 heterocycles. The Bertz CT molecular complexity index is 893. The number of ether oxygens (including phenoxy) is 1. The van der Waals surface area contributed by atoms with E-state index in [0.29, 0.717) is 16.5 Å². The van der Waals surface area contributed by atoms with Crippen LogP contribution in [0.3, 0.4) is 0 Å². The Hall–Kier alpha value is -2.59. The van der Waals surface area contributed by atoms with Gasteiger partial charge in [-0.3, -0.25) is 4.79 Å². The summed E-state index contributed by atoms with van der Waals surface area (Å²) in [6, 6.07) is 14.9. The molecule has 0 fully saturated rings. The zero-order valence-corrected chi connectivity index (χ0v) is 13.5. The number of benzene rings is 2. The molecule has 0 aliphatic rings. The van der Waals surface area contributed by atoms with Gasteiger partial charge in [0.15, 0.2) is 0 Å². The van der Waals surface area contributed by atoms with Gasteiger partial charge in [-0.1, -0.05) is 23.7 Å². The molecular weight excluding hydrogens is 312 g/mol. The number of hydrogen-bond acceptors (Lipinski definition) is 3. The van der Waals surface area contributed by atoms with Crippen LogP contribution in [-0.2, 0) is 4.79 Å². The summed E-state index contributed by atoms with van der Waals surface area (Å²) in [6.45, 7) is 1.47. The predicted octanol–water partition coefficient (Wildman–Crippen LogP) is 4.52. The van der Waals surface area contributed by atoms with Crippen LogP contribution in [0, 0.1) is 0 Å². The van der Waals surface area contributed by atoms with Crippen molar-refractivity contribution in [2.24, 2.45) is 0 Å². The lowest BCUT2D eigenvalue weighted by Gasteiger charge is -2.11. The largest absolute Gasteiger partial charge is 0.496 e. The number of carbonyl (C=O) groups excluding carboxylic acids is 1. The quantitative estimate of drug-likeness (QED) is 0.769. The fraction of sp³-hybridized carbons (Fsp3) is 0.111. The van der Waals surface area contributed by atoms with Gasteiger partial charge in [0, 0.05) is 34.6 Å². The molecule has 0 aliphatic carbocycles. The number of fused-ring (bicyclic) bond motifs is 1. The maximum atomic E-state index is 11.2. The van der Waals surface area contributed by atoms with Crippen molar-refractivity contribution >= 4 is 34.1 Å². The number of pyridine rings is 1. The van der Waals surface area contributed by atoms with Crippen molar-refractivity contribution in [2.75, 3.05) is 12.4 Å². The smallest absolute Gasteiger partial charge is 0.221 e. The van der Waals surface area contributed by atoms with Gasteiger partial charge in [-0.15, -0.1) is 0 Å². The molecule has 1 N–H and O–H groups in total. The maximum absolute atomic E-state index is 11.2. The number of nitrogens with one attached hydrogen (secondary N) is 1. The van der Waals surface area contributed by atoms with Crippen molar-refractivity contribution in [1.82, 2.24) is 4.98 Å². The molecule has 5 heteroatoms. The Morgan fingerprint density at radius 2 is 2.00 bits per heavy atom. The molecule has 1 aromatic heterocycles. The normalized spacial score (nSPS) is 10.6. The van der Waals surface area contributed by atoms with Crippen LogP contribution >= 0.6 is 11.6 Å². The van der Waals surface area contributed by atoms with E-state index in [2.05, 4.69) is 10.3 Å². The van der Waals surface area contributed by atoms with Crippen LogP contribution < -0.4 is 10.1 Å². The molecule has 3 rings (SSSR count). The first-order valence-corrected chi connectivity index (χ1v) is 7.47. The highest BCUT2D eigenvalue weighted by Gasteiger charge is 2.10. The van der Waals surface area contributed by atoms with Gasteiger partial charge in [0.1, 0.15) is 5.75 Å². The molecule has 2 aromatic carbocycles. The summed E-state index contributed by atoms with van der Waals surface area (Å²) in [4.78, 5) is 15.9. The monoisotopic (exact) mass is 326 g/mol. The molecule has 0 radical (unpaired) electrons. The van der Waals surface area contributed by atoms with Gasteiger partial charge in [-0.25, -0.2) is 4.98 Å². The molecule has 116 valence electrons. The summed E-state index contributed by atoms with van der Waals surface area (Å²) in [7, 11) is 1.61. The second-order valence-corrected chi connectivity index (χ2v) is 5.57. The lowest BCUT2D eigenvalue weighted by atomic mass is 10.1. The van der Waals surface area contributed by atoms with E-state index in [9.17, 15) is 4.79 Å².